The second-order valence-corrected chi connectivity index (χ2v) is 8.93. The van der Waals surface area contributed by atoms with Crippen molar-refractivity contribution in [3.63, 3.8) is 0 Å². The predicted octanol–water partition coefficient (Wildman–Crippen LogP) is 3.47. The van der Waals surface area contributed by atoms with Crippen LogP contribution in [0.15, 0.2) is 23.2 Å². The molecule has 7 heteroatoms. The van der Waals surface area contributed by atoms with Gasteiger partial charge in [0.25, 0.3) is 0 Å². The van der Waals surface area contributed by atoms with Crippen LogP contribution in [0.1, 0.15) is 64.4 Å². The molecule has 7 nitrogen and oxygen atoms in total. The summed E-state index contributed by atoms with van der Waals surface area (Å²) >= 11 is 0. The normalized spacial score (nSPS) is 20.7. The minimum atomic E-state index is 0.0000404. The fourth-order valence-corrected chi connectivity index (χ4v) is 5.00. The molecule has 0 aromatic heterocycles. The van der Waals surface area contributed by atoms with Crippen LogP contribution in [0, 0.1) is 0 Å². The van der Waals surface area contributed by atoms with E-state index in [1.807, 2.05) is 17.9 Å². The number of guanidine groups is 1. The van der Waals surface area contributed by atoms with E-state index >= 15 is 0 Å². The van der Waals surface area contributed by atoms with Crippen molar-refractivity contribution in [1.82, 2.24) is 15.5 Å². The minimum absolute atomic E-state index is 0.0000404. The summed E-state index contributed by atoms with van der Waals surface area (Å²) in [6.07, 6.45) is 7.46. The van der Waals surface area contributed by atoms with Crippen LogP contribution in [0.4, 0.5) is 0 Å². The molecule has 2 aliphatic rings. The zero-order valence-electron chi connectivity index (χ0n) is 20.2. The second kappa shape index (κ2) is 11.4. The summed E-state index contributed by atoms with van der Waals surface area (Å²) in [5, 5.41) is 6.98. The topological polar surface area (TPSA) is 75.2 Å². The Balaban J connectivity index is 1.78. The average Bonchev–Trinajstić information content (AvgIpc) is 3.30. The fourth-order valence-electron chi connectivity index (χ4n) is 5.00. The molecule has 1 aliphatic heterocycles. The van der Waals surface area contributed by atoms with Gasteiger partial charge in [0.2, 0.25) is 5.91 Å². The van der Waals surface area contributed by atoms with Gasteiger partial charge < -0.3 is 25.0 Å². The maximum Gasteiger partial charge on any atom is 0.222 e. The van der Waals surface area contributed by atoms with E-state index in [1.54, 1.807) is 14.2 Å². The van der Waals surface area contributed by atoms with Gasteiger partial charge in [0, 0.05) is 37.5 Å². The molecule has 0 radical (unpaired) electrons. The number of hydrogen-bond donors (Lipinski definition) is 2. The van der Waals surface area contributed by atoms with Crippen molar-refractivity contribution in [2.75, 3.05) is 40.4 Å². The van der Waals surface area contributed by atoms with Crippen molar-refractivity contribution in [3.8, 4) is 11.5 Å². The Morgan fingerprint density at radius 1 is 1.16 bits per heavy atom. The Hall–Kier alpha value is -2.44. The second-order valence-electron chi connectivity index (χ2n) is 8.93. The van der Waals surface area contributed by atoms with Crippen LogP contribution in [0.25, 0.3) is 0 Å². The molecule has 2 fully saturated rings. The number of likely N-dealkylation sites (tertiary alicyclic amines) is 1. The van der Waals surface area contributed by atoms with E-state index in [-0.39, 0.29) is 17.4 Å². The van der Waals surface area contributed by atoms with Gasteiger partial charge in [-0.05, 0) is 43.9 Å². The highest BCUT2D eigenvalue weighted by Crippen LogP contribution is 2.42. The van der Waals surface area contributed by atoms with Crippen LogP contribution in [-0.4, -0.2) is 63.2 Å². The minimum Gasteiger partial charge on any atom is -0.493 e. The van der Waals surface area contributed by atoms with E-state index in [0.717, 1.165) is 62.9 Å². The number of rotatable bonds is 8. The molecule has 1 amide bonds. The lowest BCUT2D eigenvalue weighted by Gasteiger charge is -2.37. The number of hydrogen-bond acceptors (Lipinski definition) is 4. The van der Waals surface area contributed by atoms with Crippen LogP contribution in [0.3, 0.4) is 0 Å². The van der Waals surface area contributed by atoms with Crippen LogP contribution < -0.4 is 20.1 Å². The van der Waals surface area contributed by atoms with Gasteiger partial charge in [0.1, 0.15) is 0 Å². The molecular formula is C25H40N4O3. The smallest absolute Gasteiger partial charge is 0.222 e. The van der Waals surface area contributed by atoms with Crippen molar-refractivity contribution in [2.45, 2.75) is 70.3 Å². The van der Waals surface area contributed by atoms with Gasteiger partial charge in [-0.15, -0.1) is 0 Å². The number of nitrogens with zero attached hydrogens (tertiary/aromatic N) is 2. The summed E-state index contributed by atoms with van der Waals surface area (Å²) in [5.41, 5.74) is 1.27. The molecule has 1 atom stereocenters. The molecular weight excluding hydrogens is 404 g/mol. The van der Waals surface area contributed by atoms with Crippen LogP contribution in [-0.2, 0) is 10.2 Å². The van der Waals surface area contributed by atoms with Crippen molar-refractivity contribution < 1.29 is 14.3 Å². The quantitative estimate of drug-likeness (QED) is 0.474. The maximum atomic E-state index is 12.0. The Labute approximate surface area is 192 Å². The molecule has 1 saturated carbocycles. The SMILES string of the molecule is CCNC(=NCC1(c2ccc(OC)c(OC)c2)CCCCC1)NC1CCN(C(=O)CC)C1. The molecule has 2 N–H and O–H groups in total. The van der Waals surface area contributed by atoms with Crippen LogP contribution >= 0.6 is 0 Å². The van der Waals surface area contributed by atoms with Gasteiger partial charge in [0.15, 0.2) is 17.5 Å². The van der Waals surface area contributed by atoms with Crippen LogP contribution in [0.2, 0.25) is 0 Å². The van der Waals surface area contributed by atoms with E-state index in [2.05, 4.69) is 29.7 Å². The lowest BCUT2D eigenvalue weighted by Crippen LogP contribution is -2.46. The van der Waals surface area contributed by atoms with Crippen molar-refractivity contribution in [1.29, 1.82) is 0 Å². The van der Waals surface area contributed by atoms with Crippen molar-refractivity contribution in [2.24, 2.45) is 4.99 Å². The lowest BCUT2D eigenvalue weighted by atomic mass is 9.69. The number of amides is 1. The average molecular weight is 445 g/mol. The van der Waals surface area contributed by atoms with Gasteiger partial charge >= 0.3 is 0 Å². The fraction of sp³-hybridized carbons (Fsp3) is 0.680. The van der Waals surface area contributed by atoms with Crippen molar-refractivity contribution in [3.05, 3.63) is 23.8 Å². The monoisotopic (exact) mass is 444 g/mol. The molecule has 0 bridgehead atoms. The number of carbonyl (C=O) groups excluding carboxylic acids is 1. The summed E-state index contributed by atoms with van der Waals surface area (Å²) in [4.78, 5) is 19.0. The molecule has 1 heterocycles. The first kappa shape index (κ1) is 24.2. The predicted molar refractivity (Wildman–Crippen MR) is 129 cm³/mol. The summed E-state index contributed by atoms with van der Waals surface area (Å²) in [6, 6.07) is 6.56. The highest BCUT2D eigenvalue weighted by atomic mass is 16.5. The van der Waals surface area contributed by atoms with E-state index < -0.39 is 0 Å². The Bertz CT molecular complexity index is 789. The molecule has 32 heavy (non-hydrogen) atoms. The molecule has 1 aromatic rings. The Kier molecular flexibility index (Phi) is 8.65. The number of benzene rings is 1. The first-order chi connectivity index (χ1) is 15.5. The first-order valence-corrected chi connectivity index (χ1v) is 12.1. The van der Waals surface area contributed by atoms with E-state index in [4.69, 9.17) is 14.5 Å². The number of ether oxygens (including phenoxy) is 2. The number of methoxy groups -OCH3 is 2. The van der Waals surface area contributed by atoms with Gasteiger partial charge in [0.05, 0.1) is 20.8 Å². The number of carbonyl (C=O) groups is 1. The summed E-state index contributed by atoms with van der Waals surface area (Å²) in [5.74, 6) is 2.60. The van der Waals surface area contributed by atoms with E-state index in [1.165, 1.54) is 24.8 Å². The van der Waals surface area contributed by atoms with Gasteiger partial charge in [-0.3, -0.25) is 9.79 Å². The van der Waals surface area contributed by atoms with Crippen LogP contribution in [0.5, 0.6) is 11.5 Å². The largest absolute Gasteiger partial charge is 0.493 e. The van der Waals surface area contributed by atoms with Gasteiger partial charge in [-0.1, -0.05) is 32.3 Å². The molecule has 1 aliphatic carbocycles. The van der Waals surface area contributed by atoms with E-state index in [0.29, 0.717) is 6.42 Å². The van der Waals surface area contributed by atoms with E-state index in [9.17, 15) is 4.79 Å². The number of nitrogens with one attached hydrogen (secondary N) is 2. The highest BCUT2D eigenvalue weighted by Gasteiger charge is 2.35. The third-order valence-corrected chi connectivity index (χ3v) is 6.87. The maximum absolute atomic E-state index is 12.0. The lowest BCUT2D eigenvalue weighted by molar-refractivity contribution is -0.129. The van der Waals surface area contributed by atoms with Crippen molar-refractivity contribution >= 4 is 11.9 Å². The first-order valence-electron chi connectivity index (χ1n) is 12.1. The van der Waals surface area contributed by atoms with Gasteiger partial charge in [-0.2, -0.15) is 0 Å². The Morgan fingerprint density at radius 2 is 1.91 bits per heavy atom. The zero-order chi connectivity index (χ0) is 23.0. The summed E-state index contributed by atoms with van der Waals surface area (Å²) in [7, 11) is 3.36. The summed E-state index contributed by atoms with van der Waals surface area (Å²) < 4.78 is 11.0. The zero-order valence-corrected chi connectivity index (χ0v) is 20.2. The number of aliphatic imine (C=N–C) groups is 1. The standard InChI is InChI=1S/C25H40N4O3/c1-5-23(30)29-15-12-20(17-29)28-24(26-6-2)27-18-25(13-8-7-9-14-25)19-10-11-21(31-3)22(16-19)32-4/h10-11,16,20H,5-9,12-15,17-18H2,1-4H3,(H2,26,27,28). The Morgan fingerprint density at radius 3 is 2.56 bits per heavy atom. The summed E-state index contributed by atoms with van der Waals surface area (Å²) in [6.45, 7) is 7.11. The molecule has 1 aromatic carbocycles. The molecule has 178 valence electrons. The molecule has 3 rings (SSSR count). The third-order valence-electron chi connectivity index (χ3n) is 6.87. The molecule has 1 unspecified atom stereocenters. The highest BCUT2D eigenvalue weighted by molar-refractivity contribution is 5.80. The molecule has 1 saturated heterocycles. The third kappa shape index (κ3) is 5.67. The molecule has 0 spiro atoms. The van der Waals surface area contributed by atoms with Gasteiger partial charge in [-0.25, -0.2) is 0 Å².